The maximum absolute atomic E-state index is 13.0. The zero-order valence-corrected chi connectivity index (χ0v) is 88.8. The molecule has 7 aromatic carbocycles. The van der Waals surface area contributed by atoms with Gasteiger partial charge < -0.3 is 117 Å². The zero-order valence-electron chi connectivity index (χ0n) is 88.8. The van der Waals surface area contributed by atoms with Crippen molar-refractivity contribution in [2.75, 3.05) is 72.0 Å². The summed E-state index contributed by atoms with van der Waals surface area (Å²) in [5.74, 6) is -0.214. The Labute approximate surface area is 844 Å². The average Bonchev–Trinajstić information content (AvgIpc) is 0.832. The van der Waals surface area contributed by atoms with Gasteiger partial charge in [-0.05, 0) is 168 Å². The molecular formula is C107H176F5N27O3. The predicted molar refractivity (Wildman–Crippen MR) is 583 cm³/mol. The molecule has 2 amide bonds. The Morgan fingerprint density at radius 1 is 0.359 bits per heavy atom. The van der Waals surface area contributed by atoms with Crippen LogP contribution in [0.3, 0.4) is 0 Å². The van der Waals surface area contributed by atoms with E-state index in [9.17, 15) is 36.3 Å². The lowest BCUT2D eigenvalue weighted by Gasteiger charge is -2.22. The maximum Gasteiger partial charge on any atom is 0.403 e. The number of ketones is 1. The van der Waals surface area contributed by atoms with Gasteiger partial charge in [0.2, 0.25) is 5.91 Å². The lowest BCUT2D eigenvalue weighted by Crippen LogP contribution is -2.42. The van der Waals surface area contributed by atoms with E-state index in [1.807, 2.05) is 84.9 Å². The van der Waals surface area contributed by atoms with E-state index in [2.05, 4.69) is 304 Å². The van der Waals surface area contributed by atoms with E-state index in [0.717, 1.165) is 53.7 Å². The first kappa shape index (κ1) is 128. The first-order valence-electron chi connectivity index (χ1n) is 48.3. The Morgan fingerprint density at radius 2 is 0.690 bits per heavy atom. The molecule has 0 aliphatic rings. The van der Waals surface area contributed by atoms with Gasteiger partial charge in [-0.3, -0.25) is 39.3 Å². The quantitative estimate of drug-likeness (QED) is 0.00734. The van der Waals surface area contributed by atoms with Gasteiger partial charge >= 0.3 is 6.18 Å². The highest BCUT2D eigenvalue weighted by atomic mass is 19.4. The normalized spacial score (nSPS) is 12.4. The SMILES string of the molecule is CC(C)(C)c1ccc(C(=O)NCCCN)cc1.CC(C)(C)c1ccc(CNC(=O)CCN=C(N)N)cc1.CC(C)(C)c1ccc(CNC(CCN=C(N)N)C(F)(F)F)cc1.CC(C)(C)c1ccc(CNC(CCN=C(N)N)C(F)F)cc1.CC(C)(C)c1ccc(CNCC(=O)CN=C(N)N)cc1.CC(C)(C)c1ccc(CNCC(N)CN=C(N)N)cc1.CC(NCCCN=C(N)N)c1ccc(C(C)(C)C)cc1. The van der Waals surface area contributed by atoms with Crippen molar-refractivity contribution in [3.05, 3.63) is 248 Å². The molecule has 0 aromatic heterocycles. The van der Waals surface area contributed by atoms with Crippen LogP contribution < -0.4 is 117 Å². The summed E-state index contributed by atoms with van der Waals surface area (Å²) >= 11 is 0. The Kier molecular flexibility index (Phi) is 57.7. The summed E-state index contributed by atoms with van der Waals surface area (Å²) in [4.78, 5) is 57.4. The minimum Gasteiger partial charge on any atom is -0.370 e. The molecular weight excluding hydrogens is 1810 g/mol. The Morgan fingerprint density at radius 3 is 1.05 bits per heavy atom. The Hall–Kier alpha value is -11.9. The second kappa shape index (κ2) is 63.9. The molecule has 35 heteroatoms. The fourth-order valence-corrected chi connectivity index (χ4v) is 12.8. The van der Waals surface area contributed by atoms with E-state index in [-0.39, 0.29) is 149 Å². The van der Waals surface area contributed by atoms with Crippen LogP contribution in [0.4, 0.5) is 22.0 Å². The van der Waals surface area contributed by atoms with Crippen LogP contribution in [0.2, 0.25) is 0 Å². The fraction of sp³-hybridized carbons (Fsp3) is 0.523. The number of amides is 2. The van der Waals surface area contributed by atoms with Crippen molar-refractivity contribution < 1.29 is 36.3 Å². The number of carbonyl (C=O) groups is 3. The summed E-state index contributed by atoms with van der Waals surface area (Å²) in [7, 11) is 0. The van der Waals surface area contributed by atoms with Gasteiger partial charge in [0.25, 0.3) is 12.3 Å². The molecule has 35 N–H and O–H groups in total. The predicted octanol–water partition coefficient (Wildman–Crippen LogP) is 12.3. The topological polar surface area (TPSA) is 574 Å². The number of benzene rings is 7. The summed E-state index contributed by atoms with van der Waals surface area (Å²) in [6.45, 7) is 54.8. The van der Waals surface area contributed by atoms with Gasteiger partial charge in [-0.25, -0.2) is 13.8 Å². The van der Waals surface area contributed by atoms with Crippen molar-refractivity contribution in [3.63, 3.8) is 0 Å². The molecule has 0 saturated carbocycles. The minimum atomic E-state index is -4.34. The number of guanidine groups is 6. The lowest BCUT2D eigenvalue weighted by atomic mass is 9.86. The van der Waals surface area contributed by atoms with Crippen LogP contribution in [0.5, 0.6) is 0 Å². The zero-order chi connectivity index (χ0) is 108. The van der Waals surface area contributed by atoms with E-state index in [1.165, 1.54) is 44.5 Å². The summed E-state index contributed by atoms with van der Waals surface area (Å²) in [6, 6.07) is 55.2. The van der Waals surface area contributed by atoms with Gasteiger partial charge in [0.1, 0.15) is 12.6 Å². The molecule has 4 unspecified atom stereocenters. The number of aliphatic imine (C=N–C) groups is 6. The average molecular weight is 1980 g/mol. The van der Waals surface area contributed by atoms with Gasteiger partial charge in [-0.15, -0.1) is 0 Å². The summed E-state index contributed by atoms with van der Waals surface area (Å²) in [5.41, 5.74) is 90.7. The number of nitrogens with two attached hydrogens (primary N) is 14. The first-order chi connectivity index (χ1) is 65.8. The number of nitrogens with zero attached hydrogens (tertiary/aromatic N) is 6. The smallest absolute Gasteiger partial charge is 0.370 e. The van der Waals surface area contributed by atoms with E-state index in [4.69, 9.17) is 80.3 Å². The van der Waals surface area contributed by atoms with Crippen LogP contribution in [-0.4, -0.2) is 156 Å². The molecule has 142 heavy (non-hydrogen) atoms. The second-order valence-electron chi connectivity index (χ2n) is 42.0. The molecule has 0 saturated heterocycles. The van der Waals surface area contributed by atoms with Gasteiger partial charge in [0.05, 0.1) is 25.7 Å². The van der Waals surface area contributed by atoms with Gasteiger partial charge in [0, 0.05) is 89.5 Å². The highest BCUT2D eigenvalue weighted by molar-refractivity contribution is 5.94. The molecule has 0 heterocycles. The van der Waals surface area contributed by atoms with E-state index < -0.39 is 24.7 Å². The van der Waals surface area contributed by atoms with Gasteiger partial charge in [0.15, 0.2) is 41.5 Å². The molecule has 0 aliphatic carbocycles. The van der Waals surface area contributed by atoms with Crippen molar-refractivity contribution in [1.29, 1.82) is 0 Å². The number of rotatable bonds is 40. The lowest BCUT2D eigenvalue weighted by molar-refractivity contribution is -0.157. The van der Waals surface area contributed by atoms with Gasteiger partial charge in [-0.1, -0.05) is 303 Å². The minimum absolute atomic E-state index is 0.00979. The van der Waals surface area contributed by atoms with Crippen LogP contribution in [0.1, 0.15) is 273 Å². The number of halogens is 5. The largest absolute Gasteiger partial charge is 0.403 e. The van der Waals surface area contributed by atoms with Crippen LogP contribution in [0, 0.1) is 0 Å². The molecule has 7 rings (SSSR count). The number of hydrogen-bond donors (Lipinski definition) is 21. The molecule has 0 radical (unpaired) electrons. The monoisotopic (exact) mass is 1980 g/mol. The molecule has 792 valence electrons. The fourth-order valence-electron chi connectivity index (χ4n) is 12.8. The molecule has 0 fully saturated rings. The number of nitrogens with one attached hydrogen (secondary N) is 7. The molecule has 4 atom stereocenters. The number of alkyl halides is 5. The van der Waals surface area contributed by atoms with Crippen LogP contribution in [-0.2, 0) is 80.2 Å². The number of carbonyl (C=O) groups excluding carboxylic acids is 3. The summed E-state index contributed by atoms with van der Waals surface area (Å²) < 4.78 is 64.9. The van der Waals surface area contributed by atoms with Crippen molar-refractivity contribution in [3.8, 4) is 0 Å². The number of hydrogen-bond acceptors (Lipinski definition) is 16. The Bertz CT molecular complexity index is 4880. The van der Waals surface area contributed by atoms with Crippen molar-refractivity contribution in [1.82, 2.24) is 37.2 Å². The second-order valence-corrected chi connectivity index (χ2v) is 42.0. The highest BCUT2D eigenvalue weighted by Crippen LogP contribution is 2.30. The van der Waals surface area contributed by atoms with Crippen molar-refractivity contribution >= 4 is 53.4 Å². The van der Waals surface area contributed by atoms with E-state index >= 15 is 0 Å². The molecule has 0 bridgehead atoms. The van der Waals surface area contributed by atoms with Crippen LogP contribution in [0.25, 0.3) is 0 Å². The molecule has 0 spiro atoms. The van der Waals surface area contributed by atoms with Crippen LogP contribution in [0.15, 0.2) is 200 Å². The molecule has 0 aliphatic heterocycles. The molecule has 30 nitrogen and oxygen atoms in total. The highest BCUT2D eigenvalue weighted by Gasteiger charge is 2.39. The number of Topliss-reactive ketones (excluding diaryl/α,β-unsaturated/α-hetero) is 1. The third kappa shape index (κ3) is 59.8. The first-order valence-corrected chi connectivity index (χ1v) is 48.3. The summed E-state index contributed by atoms with van der Waals surface area (Å²) in [5, 5.41) is 20.9. The maximum atomic E-state index is 13.0. The van der Waals surface area contributed by atoms with E-state index in [1.54, 1.807) is 0 Å². The standard InChI is InChI=1S/C16H25F3N4.C16H26F2N4.C16H28N4.C15H27N5.2C15H24N4O.C14H22N2O/c1-15(2,3)12-6-4-11(5-7-12)10-23-13(16(17,18)19)8-9-22-14(20)21;1-16(2,3)12-6-4-11(5-7-12)10-22-13(14(17)18)8-9-21-15(19)20;1-12(19-10-5-11-20-15(17)18)13-6-8-14(9-7-13)16(2,3)4;1-15(2,3)12-6-4-11(5-7-12)8-19-9-13(16)10-20-14(17)18;1-15(2,3)12-6-4-11(5-7-12)8-18-9-13(20)10-19-14(16)17;1-15(2,3)12-6-4-11(5-7-12)10-19-13(20)8-9-18-14(16)17;1-14(2,3)12-7-5-11(6-8-12)13(17)16-10-4-9-15/h4-7,13,23H,8-10H2,1-3H3,(H4,20,21,22);4-7,13-14,22H,8-10H2,1-3H3,(H4,19,20,21);6-9,12,19H,5,10-11H2,1-4H3,(H4,17,18,20);4-7,13,19H,8-10,16H2,1-3H3,(H4,17,18,20);4-7,18H,8-10H2,1-3H3,(H4,16,17,19);4-7H,8-10H2,1-3H3,(H,19,20)(H4,16,17,18);5-8H,4,9-10,15H2,1-3H3,(H,16,17). The van der Waals surface area contributed by atoms with Gasteiger partial charge in [-0.2, -0.15) is 13.2 Å². The summed E-state index contributed by atoms with van der Waals surface area (Å²) in [6.07, 6.45) is -4.78. The van der Waals surface area contributed by atoms with Crippen molar-refractivity contribution in [2.24, 2.45) is 110 Å². The Balaban J connectivity index is 0.000000830. The van der Waals surface area contributed by atoms with E-state index in [0.29, 0.717) is 70.5 Å². The van der Waals surface area contributed by atoms with Crippen molar-refractivity contribution in [2.45, 2.75) is 292 Å². The van der Waals surface area contributed by atoms with Crippen LogP contribution >= 0.6 is 0 Å². The third-order valence-corrected chi connectivity index (χ3v) is 21.9. The third-order valence-electron chi connectivity index (χ3n) is 21.9. The molecule has 7 aromatic rings.